The van der Waals surface area contributed by atoms with Crippen molar-refractivity contribution >= 4 is 11.5 Å². The van der Waals surface area contributed by atoms with Gasteiger partial charge >= 0.3 is 0 Å². The summed E-state index contributed by atoms with van der Waals surface area (Å²) in [6, 6.07) is 4.10. The van der Waals surface area contributed by atoms with E-state index in [1.54, 1.807) is 10.8 Å². The van der Waals surface area contributed by atoms with Crippen LogP contribution in [0.4, 0.5) is 5.82 Å². The van der Waals surface area contributed by atoms with Crippen LogP contribution in [0.1, 0.15) is 43.4 Å². The quantitative estimate of drug-likeness (QED) is 0.701. The molecule has 0 N–H and O–H groups in total. The maximum absolute atomic E-state index is 5.49. The lowest BCUT2D eigenvalue weighted by atomic mass is 10.2. The molecule has 9 nitrogen and oxygen atoms in total. The number of fused-ring (bicyclic) bond motifs is 1. The molecule has 9 heteroatoms. The van der Waals surface area contributed by atoms with E-state index in [1.807, 2.05) is 12.1 Å². The Morgan fingerprint density at radius 2 is 2.00 bits per heavy atom. The number of aromatic nitrogens is 6. The van der Waals surface area contributed by atoms with E-state index in [0.29, 0.717) is 5.92 Å². The van der Waals surface area contributed by atoms with Gasteiger partial charge in [0.15, 0.2) is 11.5 Å². The van der Waals surface area contributed by atoms with Crippen LogP contribution in [0.15, 0.2) is 23.0 Å². The van der Waals surface area contributed by atoms with E-state index in [4.69, 9.17) is 4.52 Å². The summed E-state index contributed by atoms with van der Waals surface area (Å²) in [6.07, 6.45) is 4.01. The average molecular weight is 340 g/mol. The molecule has 0 spiro atoms. The molecule has 3 aromatic heterocycles. The van der Waals surface area contributed by atoms with E-state index in [2.05, 4.69) is 42.2 Å². The number of hydrogen-bond donors (Lipinski definition) is 0. The van der Waals surface area contributed by atoms with Crippen molar-refractivity contribution in [1.29, 1.82) is 0 Å². The summed E-state index contributed by atoms with van der Waals surface area (Å²) in [5.41, 5.74) is 0.763. The third-order valence-corrected chi connectivity index (χ3v) is 5.09. The van der Waals surface area contributed by atoms with Crippen LogP contribution in [-0.4, -0.2) is 61.0 Å². The lowest BCUT2D eigenvalue weighted by molar-refractivity contribution is 0.164. The highest BCUT2D eigenvalue weighted by atomic mass is 16.5. The minimum Gasteiger partial charge on any atom is -0.353 e. The third kappa shape index (κ3) is 2.74. The standard InChI is InChI=1S/C16H20N8O/c1-11(16-18-15(21-25-16)12-2-3-12)22-6-8-23(9-7-22)14-5-4-13-19-17-10-24(13)20-14/h4-5,10-12H,2-3,6-9H2,1H3/t11-/m0/s1. The van der Waals surface area contributed by atoms with Gasteiger partial charge in [0.2, 0.25) is 5.89 Å². The topological polar surface area (TPSA) is 88.5 Å². The van der Waals surface area contributed by atoms with Crippen LogP contribution in [0.5, 0.6) is 0 Å². The van der Waals surface area contributed by atoms with Crippen molar-refractivity contribution in [2.24, 2.45) is 0 Å². The first-order chi connectivity index (χ1) is 12.3. The SMILES string of the molecule is C[C@@H](c1nc(C2CC2)no1)N1CCN(c2ccc3nncn3n2)CC1. The second-order valence-electron chi connectivity index (χ2n) is 6.79. The molecule has 0 radical (unpaired) electrons. The molecule has 2 fully saturated rings. The lowest BCUT2D eigenvalue weighted by Crippen LogP contribution is -2.47. The number of rotatable bonds is 4. The Hall–Kier alpha value is -2.55. The van der Waals surface area contributed by atoms with Gasteiger partial charge in [-0.25, -0.2) is 0 Å². The lowest BCUT2D eigenvalue weighted by Gasteiger charge is -2.37. The van der Waals surface area contributed by atoms with Crippen molar-refractivity contribution < 1.29 is 4.52 Å². The summed E-state index contributed by atoms with van der Waals surface area (Å²) in [6.45, 7) is 5.83. The highest BCUT2D eigenvalue weighted by molar-refractivity contribution is 5.45. The zero-order chi connectivity index (χ0) is 16.8. The normalized spacial score (nSPS) is 20.3. The van der Waals surface area contributed by atoms with E-state index < -0.39 is 0 Å². The van der Waals surface area contributed by atoms with E-state index in [0.717, 1.165) is 49.4 Å². The van der Waals surface area contributed by atoms with Gasteiger partial charge in [-0.3, -0.25) is 4.90 Å². The largest absolute Gasteiger partial charge is 0.353 e. The van der Waals surface area contributed by atoms with Gasteiger partial charge in [-0.2, -0.15) is 9.50 Å². The van der Waals surface area contributed by atoms with Crippen molar-refractivity contribution in [3.63, 3.8) is 0 Å². The van der Waals surface area contributed by atoms with Crippen LogP contribution >= 0.6 is 0 Å². The molecule has 0 aromatic carbocycles. The fourth-order valence-corrected chi connectivity index (χ4v) is 3.31. The van der Waals surface area contributed by atoms with Crippen LogP contribution in [0.2, 0.25) is 0 Å². The molecule has 0 amide bonds. The predicted octanol–water partition coefficient (Wildman–Crippen LogP) is 1.27. The van der Waals surface area contributed by atoms with E-state index in [1.165, 1.54) is 12.8 Å². The molecule has 5 rings (SSSR count). The summed E-state index contributed by atoms with van der Waals surface area (Å²) >= 11 is 0. The molecule has 1 aliphatic heterocycles. The second-order valence-corrected chi connectivity index (χ2v) is 6.79. The molecular weight excluding hydrogens is 320 g/mol. The minimum absolute atomic E-state index is 0.149. The number of anilines is 1. The molecular formula is C16H20N8O. The van der Waals surface area contributed by atoms with Gasteiger partial charge < -0.3 is 9.42 Å². The summed E-state index contributed by atoms with van der Waals surface area (Å²) in [4.78, 5) is 9.26. The zero-order valence-corrected chi connectivity index (χ0v) is 14.1. The van der Waals surface area contributed by atoms with Crippen LogP contribution < -0.4 is 4.90 Å². The van der Waals surface area contributed by atoms with Gasteiger partial charge in [0.05, 0.1) is 6.04 Å². The van der Waals surface area contributed by atoms with Crippen molar-refractivity contribution in [3.05, 3.63) is 30.2 Å². The van der Waals surface area contributed by atoms with Gasteiger partial charge in [0.1, 0.15) is 12.1 Å². The first kappa shape index (κ1) is 14.8. The van der Waals surface area contributed by atoms with Gasteiger partial charge in [-0.1, -0.05) is 5.16 Å². The monoisotopic (exact) mass is 340 g/mol. The maximum Gasteiger partial charge on any atom is 0.243 e. The molecule has 1 saturated carbocycles. The Balaban J connectivity index is 1.25. The summed E-state index contributed by atoms with van der Waals surface area (Å²) in [5.74, 6) is 3.10. The van der Waals surface area contributed by atoms with Crippen LogP contribution in [0.25, 0.3) is 5.65 Å². The van der Waals surface area contributed by atoms with E-state index in [9.17, 15) is 0 Å². The molecule has 1 aliphatic carbocycles. The molecule has 1 atom stereocenters. The number of nitrogens with zero attached hydrogens (tertiary/aromatic N) is 8. The second kappa shape index (κ2) is 5.76. The van der Waals surface area contributed by atoms with E-state index in [-0.39, 0.29) is 6.04 Å². The maximum atomic E-state index is 5.49. The van der Waals surface area contributed by atoms with Gasteiger partial charge in [-0.05, 0) is 31.9 Å². The highest BCUT2D eigenvalue weighted by Crippen LogP contribution is 2.38. The van der Waals surface area contributed by atoms with Gasteiger partial charge in [0, 0.05) is 32.1 Å². The number of hydrogen-bond acceptors (Lipinski definition) is 8. The Morgan fingerprint density at radius 3 is 2.80 bits per heavy atom. The number of piperazine rings is 1. The summed E-state index contributed by atoms with van der Waals surface area (Å²) in [5, 5.41) is 16.6. The fourth-order valence-electron chi connectivity index (χ4n) is 3.31. The van der Waals surface area contributed by atoms with Crippen LogP contribution in [0, 0.1) is 0 Å². The Labute approximate surface area is 144 Å². The molecule has 3 aromatic rings. The summed E-state index contributed by atoms with van der Waals surface area (Å²) in [7, 11) is 0. The molecule has 2 aliphatic rings. The molecule has 4 heterocycles. The molecule has 25 heavy (non-hydrogen) atoms. The van der Waals surface area contributed by atoms with Crippen LogP contribution in [0.3, 0.4) is 0 Å². The smallest absolute Gasteiger partial charge is 0.243 e. The first-order valence-corrected chi connectivity index (χ1v) is 8.77. The van der Waals surface area contributed by atoms with Crippen LogP contribution in [-0.2, 0) is 0 Å². The average Bonchev–Trinajstić information content (AvgIpc) is 3.20. The Kier molecular flexibility index (Phi) is 3.40. The summed E-state index contributed by atoms with van der Waals surface area (Å²) < 4.78 is 7.20. The van der Waals surface area contributed by atoms with Crippen molar-refractivity contribution in [3.8, 4) is 0 Å². The minimum atomic E-state index is 0.149. The van der Waals surface area contributed by atoms with Crippen molar-refractivity contribution in [2.75, 3.05) is 31.1 Å². The highest BCUT2D eigenvalue weighted by Gasteiger charge is 2.31. The fraction of sp³-hybridized carbons (Fsp3) is 0.562. The molecule has 0 unspecified atom stereocenters. The van der Waals surface area contributed by atoms with Crippen molar-refractivity contribution in [2.45, 2.75) is 31.7 Å². The predicted molar refractivity (Wildman–Crippen MR) is 89.3 cm³/mol. The molecule has 0 bridgehead atoms. The zero-order valence-electron chi connectivity index (χ0n) is 14.1. The van der Waals surface area contributed by atoms with E-state index >= 15 is 0 Å². The molecule has 130 valence electrons. The van der Waals surface area contributed by atoms with Gasteiger partial charge in [0.25, 0.3) is 0 Å². The Bertz CT molecular complexity index is 877. The first-order valence-electron chi connectivity index (χ1n) is 8.77. The Morgan fingerprint density at radius 1 is 1.16 bits per heavy atom. The van der Waals surface area contributed by atoms with Crippen molar-refractivity contribution in [1.82, 2.24) is 34.9 Å². The third-order valence-electron chi connectivity index (χ3n) is 5.09. The molecule has 1 saturated heterocycles. The van der Waals surface area contributed by atoms with Gasteiger partial charge in [-0.15, -0.1) is 15.3 Å².